The molecular weight excluding hydrogens is 478 g/mol. The molecule has 2 N–H and O–H groups in total. The number of hydrogen-bond donors (Lipinski definition) is 2. The van der Waals surface area contributed by atoms with Gasteiger partial charge in [0, 0.05) is 25.2 Å². The van der Waals surface area contributed by atoms with Crippen molar-refractivity contribution >= 4 is 28.4 Å². The molecular formula is C25H21F4N5O2. The second-order valence-electron chi connectivity index (χ2n) is 8.46. The van der Waals surface area contributed by atoms with Gasteiger partial charge in [0.1, 0.15) is 23.6 Å². The third-order valence-electron chi connectivity index (χ3n) is 6.12. The molecule has 0 saturated carbocycles. The number of alkyl halides is 3. The second-order valence-corrected chi connectivity index (χ2v) is 8.46. The summed E-state index contributed by atoms with van der Waals surface area (Å²) in [4.78, 5) is 26.5. The molecule has 4 aromatic rings. The fourth-order valence-electron chi connectivity index (χ4n) is 4.50. The standard InChI is InChI=1S/C25H21F4N5O2/c26-19-6-2-1-5-17(19)24(35)33-20-12-15(7-8-21(20)36-25(27,28)29)16-4-3-11-34(13-16)23-18-9-10-30-22(18)31-14-32-23/h1-2,5-10,12,14,16H,3-4,11,13H2,(H,33,35)(H,30,31,32). The number of nitrogens with one attached hydrogen (secondary N) is 2. The Balaban J connectivity index is 1.44. The molecule has 7 nitrogen and oxygen atoms in total. The first-order valence-corrected chi connectivity index (χ1v) is 11.3. The lowest BCUT2D eigenvalue weighted by Crippen LogP contribution is -2.35. The van der Waals surface area contributed by atoms with Crippen molar-refractivity contribution in [1.29, 1.82) is 0 Å². The number of fused-ring (bicyclic) bond motifs is 1. The summed E-state index contributed by atoms with van der Waals surface area (Å²) < 4.78 is 57.3. The van der Waals surface area contributed by atoms with Crippen LogP contribution in [0.2, 0.25) is 0 Å². The highest BCUT2D eigenvalue weighted by Crippen LogP contribution is 2.37. The van der Waals surface area contributed by atoms with Crippen molar-refractivity contribution in [3.63, 3.8) is 0 Å². The van der Waals surface area contributed by atoms with Gasteiger partial charge in [0.25, 0.3) is 5.91 Å². The van der Waals surface area contributed by atoms with Crippen molar-refractivity contribution in [1.82, 2.24) is 15.0 Å². The summed E-state index contributed by atoms with van der Waals surface area (Å²) in [6, 6.07) is 11.3. The molecule has 1 amide bonds. The minimum absolute atomic E-state index is 0.0493. The lowest BCUT2D eigenvalue weighted by molar-refractivity contribution is -0.274. The number of carbonyl (C=O) groups excluding carboxylic acids is 1. The summed E-state index contributed by atoms with van der Waals surface area (Å²) in [5.41, 5.74) is 0.959. The molecule has 2 aromatic carbocycles. The lowest BCUT2D eigenvalue weighted by atomic mass is 9.90. The first-order valence-electron chi connectivity index (χ1n) is 11.3. The normalized spacial score (nSPS) is 16.2. The average molecular weight is 499 g/mol. The van der Waals surface area contributed by atoms with E-state index in [1.807, 2.05) is 6.07 Å². The van der Waals surface area contributed by atoms with Crippen molar-refractivity contribution in [2.75, 3.05) is 23.3 Å². The summed E-state index contributed by atoms with van der Waals surface area (Å²) in [6.07, 6.45) is -0.0719. The second kappa shape index (κ2) is 9.48. The van der Waals surface area contributed by atoms with Crippen LogP contribution >= 0.6 is 0 Å². The van der Waals surface area contributed by atoms with Gasteiger partial charge in [0.2, 0.25) is 0 Å². The number of carbonyl (C=O) groups is 1. The number of hydrogen-bond acceptors (Lipinski definition) is 5. The minimum atomic E-state index is -4.96. The summed E-state index contributed by atoms with van der Waals surface area (Å²) in [6.45, 7) is 1.33. The van der Waals surface area contributed by atoms with E-state index in [-0.39, 0.29) is 17.2 Å². The molecule has 0 radical (unpaired) electrons. The topological polar surface area (TPSA) is 83.1 Å². The monoisotopic (exact) mass is 499 g/mol. The van der Waals surface area contributed by atoms with Gasteiger partial charge in [-0.05, 0) is 48.7 Å². The van der Waals surface area contributed by atoms with Gasteiger partial charge >= 0.3 is 6.36 Å². The van der Waals surface area contributed by atoms with Crippen molar-refractivity contribution in [2.45, 2.75) is 25.1 Å². The van der Waals surface area contributed by atoms with E-state index in [0.29, 0.717) is 12.2 Å². The van der Waals surface area contributed by atoms with Crippen LogP contribution in [0.5, 0.6) is 5.75 Å². The number of aromatic nitrogens is 3. The Labute approximate surface area is 203 Å². The van der Waals surface area contributed by atoms with Gasteiger partial charge in [0.05, 0.1) is 16.6 Å². The summed E-state index contributed by atoms with van der Waals surface area (Å²) in [7, 11) is 0. The Bertz CT molecular complexity index is 1400. The number of nitrogens with zero attached hydrogens (tertiary/aromatic N) is 3. The molecule has 1 saturated heterocycles. The van der Waals surface area contributed by atoms with E-state index in [1.165, 1.54) is 36.7 Å². The highest BCUT2D eigenvalue weighted by molar-refractivity contribution is 6.05. The predicted molar refractivity (Wildman–Crippen MR) is 126 cm³/mol. The van der Waals surface area contributed by atoms with E-state index in [2.05, 4.69) is 29.9 Å². The molecule has 11 heteroatoms. The Kier molecular flexibility index (Phi) is 6.21. The van der Waals surface area contributed by atoms with Crippen LogP contribution in [0.25, 0.3) is 11.0 Å². The molecule has 0 bridgehead atoms. The Morgan fingerprint density at radius 3 is 2.78 bits per heavy atom. The maximum absolute atomic E-state index is 14.1. The number of benzene rings is 2. The predicted octanol–water partition coefficient (Wildman–Crippen LogP) is 5.63. The van der Waals surface area contributed by atoms with Gasteiger partial charge in [0.15, 0.2) is 5.75 Å². The van der Waals surface area contributed by atoms with Crippen LogP contribution in [0, 0.1) is 5.82 Å². The number of piperidine rings is 1. The number of amides is 1. The zero-order chi connectivity index (χ0) is 25.3. The SMILES string of the molecule is O=C(Nc1cc(C2CCCN(c3ncnc4[nH]ccc34)C2)ccc1OC(F)(F)F)c1ccccc1F. The largest absolute Gasteiger partial charge is 0.573 e. The van der Waals surface area contributed by atoms with E-state index < -0.39 is 23.8 Å². The molecule has 1 atom stereocenters. The summed E-state index contributed by atoms with van der Waals surface area (Å²) in [5.74, 6) is -1.51. The molecule has 1 aliphatic heterocycles. The smallest absolute Gasteiger partial charge is 0.404 e. The number of H-pyrrole nitrogens is 1. The van der Waals surface area contributed by atoms with Crippen LogP contribution in [-0.4, -0.2) is 40.3 Å². The van der Waals surface area contributed by atoms with Crippen LogP contribution < -0.4 is 15.0 Å². The van der Waals surface area contributed by atoms with E-state index in [1.54, 1.807) is 12.3 Å². The maximum atomic E-state index is 14.1. The Hall–Kier alpha value is -4.15. The molecule has 36 heavy (non-hydrogen) atoms. The molecule has 186 valence electrons. The van der Waals surface area contributed by atoms with E-state index in [0.717, 1.165) is 42.2 Å². The van der Waals surface area contributed by atoms with Gasteiger partial charge in [-0.2, -0.15) is 0 Å². The van der Waals surface area contributed by atoms with Crippen LogP contribution in [0.4, 0.5) is 29.1 Å². The van der Waals surface area contributed by atoms with Crippen molar-refractivity contribution in [3.05, 3.63) is 78.0 Å². The zero-order valence-electron chi connectivity index (χ0n) is 18.8. The third kappa shape index (κ3) is 4.95. The molecule has 5 rings (SSSR count). The van der Waals surface area contributed by atoms with Crippen LogP contribution in [0.15, 0.2) is 61.1 Å². The maximum Gasteiger partial charge on any atom is 0.573 e. The van der Waals surface area contributed by atoms with Gasteiger partial charge in [-0.3, -0.25) is 4.79 Å². The Morgan fingerprint density at radius 2 is 1.97 bits per heavy atom. The molecule has 1 fully saturated rings. The molecule has 0 aliphatic carbocycles. The van der Waals surface area contributed by atoms with Gasteiger partial charge < -0.3 is 19.9 Å². The highest BCUT2D eigenvalue weighted by Gasteiger charge is 2.33. The molecule has 1 unspecified atom stereocenters. The molecule has 0 spiro atoms. The van der Waals surface area contributed by atoms with Crippen LogP contribution in [0.3, 0.4) is 0 Å². The van der Waals surface area contributed by atoms with E-state index in [9.17, 15) is 22.4 Å². The molecule has 1 aliphatic rings. The number of rotatable bonds is 5. The van der Waals surface area contributed by atoms with Gasteiger partial charge in [-0.25, -0.2) is 14.4 Å². The fraction of sp³-hybridized carbons (Fsp3) is 0.240. The number of halogens is 4. The number of anilines is 2. The highest BCUT2D eigenvalue weighted by atomic mass is 19.4. The summed E-state index contributed by atoms with van der Waals surface area (Å²) >= 11 is 0. The van der Waals surface area contributed by atoms with Gasteiger partial charge in [-0.15, -0.1) is 13.2 Å². The van der Waals surface area contributed by atoms with Crippen LogP contribution in [0.1, 0.15) is 34.7 Å². The van der Waals surface area contributed by atoms with E-state index in [4.69, 9.17) is 0 Å². The third-order valence-corrected chi connectivity index (χ3v) is 6.12. The van der Waals surface area contributed by atoms with Crippen molar-refractivity contribution in [2.24, 2.45) is 0 Å². The number of ether oxygens (including phenoxy) is 1. The number of aromatic amines is 1. The van der Waals surface area contributed by atoms with Crippen molar-refractivity contribution < 1.29 is 27.1 Å². The van der Waals surface area contributed by atoms with Crippen molar-refractivity contribution in [3.8, 4) is 5.75 Å². The van der Waals surface area contributed by atoms with Gasteiger partial charge in [-0.1, -0.05) is 18.2 Å². The van der Waals surface area contributed by atoms with E-state index >= 15 is 0 Å². The average Bonchev–Trinajstić information content (AvgIpc) is 3.34. The molecule has 2 aromatic heterocycles. The fourth-order valence-corrected chi connectivity index (χ4v) is 4.50. The quantitative estimate of drug-likeness (QED) is 0.348. The summed E-state index contributed by atoms with van der Waals surface area (Å²) in [5, 5.41) is 3.27. The van der Waals surface area contributed by atoms with Crippen LogP contribution in [-0.2, 0) is 0 Å². The Morgan fingerprint density at radius 1 is 1.14 bits per heavy atom. The first-order chi connectivity index (χ1) is 17.3. The first kappa shape index (κ1) is 23.6. The zero-order valence-corrected chi connectivity index (χ0v) is 18.8. The molecule has 3 heterocycles. The lowest BCUT2D eigenvalue weighted by Gasteiger charge is -2.34. The minimum Gasteiger partial charge on any atom is -0.404 e.